The Labute approximate surface area is 140 Å². The van der Waals surface area contributed by atoms with Gasteiger partial charge < -0.3 is 4.74 Å². The molecule has 128 valence electrons. The van der Waals surface area contributed by atoms with E-state index < -0.39 is 0 Å². The van der Waals surface area contributed by atoms with Crippen LogP contribution >= 0.6 is 0 Å². The van der Waals surface area contributed by atoms with Gasteiger partial charge in [-0.3, -0.25) is 5.32 Å². The van der Waals surface area contributed by atoms with Crippen molar-refractivity contribution in [2.45, 2.75) is 78.2 Å². The van der Waals surface area contributed by atoms with Crippen LogP contribution in [-0.4, -0.2) is 12.2 Å². The van der Waals surface area contributed by atoms with E-state index in [1.807, 2.05) is 0 Å². The number of amides is 1. The van der Waals surface area contributed by atoms with Crippen LogP contribution in [0.25, 0.3) is 0 Å². The van der Waals surface area contributed by atoms with Crippen LogP contribution in [-0.2, 0) is 4.74 Å². The van der Waals surface area contributed by atoms with Crippen LogP contribution in [0.5, 0.6) is 0 Å². The zero-order valence-corrected chi connectivity index (χ0v) is 15.2. The monoisotopic (exact) mass is 317 g/mol. The number of anilines is 1. The predicted octanol–water partition coefficient (Wildman–Crippen LogP) is 6.06. The second-order valence-corrected chi connectivity index (χ2v) is 7.45. The minimum atomic E-state index is -0.307. The zero-order chi connectivity index (χ0) is 17.0. The van der Waals surface area contributed by atoms with Gasteiger partial charge >= 0.3 is 6.09 Å². The van der Waals surface area contributed by atoms with Gasteiger partial charge in [0.05, 0.1) is 5.69 Å². The van der Waals surface area contributed by atoms with E-state index in [1.54, 1.807) is 0 Å². The molecule has 3 nitrogen and oxygen atoms in total. The van der Waals surface area contributed by atoms with Gasteiger partial charge in [-0.15, -0.1) is 0 Å². The summed E-state index contributed by atoms with van der Waals surface area (Å²) in [6.07, 6.45) is 4.28. The van der Waals surface area contributed by atoms with Crippen molar-refractivity contribution in [3.63, 3.8) is 0 Å². The van der Waals surface area contributed by atoms with Crippen molar-refractivity contribution >= 4 is 11.8 Å². The Bertz CT molecular complexity index is 510. The third kappa shape index (κ3) is 4.49. The minimum Gasteiger partial charge on any atom is -0.446 e. The number of benzene rings is 1. The van der Waals surface area contributed by atoms with Crippen molar-refractivity contribution in [1.82, 2.24) is 0 Å². The van der Waals surface area contributed by atoms with Gasteiger partial charge in [0.1, 0.15) is 6.10 Å². The molecule has 0 heterocycles. The predicted molar refractivity (Wildman–Crippen MR) is 96.1 cm³/mol. The number of carbonyl (C=O) groups is 1. The normalized spacial score (nSPS) is 21.5. The van der Waals surface area contributed by atoms with E-state index in [1.165, 1.54) is 17.5 Å². The smallest absolute Gasteiger partial charge is 0.411 e. The van der Waals surface area contributed by atoms with Gasteiger partial charge in [0.15, 0.2) is 0 Å². The summed E-state index contributed by atoms with van der Waals surface area (Å²) in [6.45, 7) is 10.8. The average Bonchev–Trinajstić information content (AvgIpc) is 2.49. The first-order valence-corrected chi connectivity index (χ1v) is 9.00. The lowest BCUT2D eigenvalue weighted by Crippen LogP contribution is -2.30. The van der Waals surface area contributed by atoms with E-state index >= 15 is 0 Å². The second kappa shape index (κ2) is 7.85. The van der Waals surface area contributed by atoms with Crippen LogP contribution in [0.2, 0.25) is 0 Å². The number of hydrogen-bond acceptors (Lipinski definition) is 2. The molecule has 1 amide bonds. The maximum atomic E-state index is 12.4. The molecule has 1 aliphatic rings. The SMILES string of the molecule is CC(C)c1cccc(C(C)C)c1NC(=O)O[C@H]1CCCC[C@@H]1C. The first-order valence-electron chi connectivity index (χ1n) is 9.00. The number of nitrogens with one attached hydrogen (secondary N) is 1. The van der Waals surface area contributed by atoms with Crippen molar-refractivity contribution in [3.8, 4) is 0 Å². The lowest BCUT2D eigenvalue weighted by atomic mass is 9.88. The Hall–Kier alpha value is -1.51. The molecular formula is C20H31NO2. The molecular weight excluding hydrogens is 286 g/mol. The Kier molecular flexibility index (Phi) is 6.09. The molecule has 1 saturated carbocycles. The molecule has 23 heavy (non-hydrogen) atoms. The van der Waals surface area contributed by atoms with Crippen LogP contribution in [0.15, 0.2) is 18.2 Å². The maximum Gasteiger partial charge on any atom is 0.411 e. The van der Waals surface area contributed by atoms with Crippen molar-refractivity contribution in [2.24, 2.45) is 5.92 Å². The highest BCUT2D eigenvalue weighted by Gasteiger charge is 2.25. The van der Waals surface area contributed by atoms with Gasteiger partial charge in [-0.2, -0.15) is 0 Å². The third-order valence-corrected chi connectivity index (χ3v) is 4.89. The maximum absolute atomic E-state index is 12.4. The fraction of sp³-hybridized carbons (Fsp3) is 0.650. The summed E-state index contributed by atoms with van der Waals surface area (Å²) >= 11 is 0. The first kappa shape index (κ1) is 17.8. The highest BCUT2D eigenvalue weighted by molar-refractivity contribution is 5.87. The molecule has 0 unspecified atom stereocenters. The van der Waals surface area contributed by atoms with Crippen molar-refractivity contribution < 1.29 is 9.53 Å². The molecule has 0 bridgehead atoms. The summed E-state index contributed by atoms with van der Waals surface area (Å²) in [4.78, 5) is 12.4. The summed E-state index contributed by atoms with van der Waals surface area (Å²) in [5.74, 6) is 1.18. The number of carbonyl (C=O) groups excluding carboxylic acids is 1. The van der Waals surface area contributed by atoms with Crippen molar-refractivity contribution in [2.75, 3.05) is 5.32 Å². The van der Waals surface area contributed by atoms with Crippen molar-refractivity contribution in [1.29, 1.82) is 0 Å². The van der Waals surface area contributed by atoms with E-state index in [4.69, 9.17) is 4.74 Å². The Balaban J connectivity index is 2.16. The topological polar surface area (TPSA) is 38.3 Å². The molecule has 0 aliphatic heterocycles. The number of para-hydroxylation sites is 1. The van der Waals surface area contributed by atoms with Gasteiger partial charge in [-0.05, 0) is 48.1 Å². The second-order valence-electron chi connectivity index (χ2n) is 7.45. The molecule has 3 heteroatoms. The summed E-state index contributed by atoms with van der Waals surface area (Å²) in [6, 6.07) is 6.26. The van der Waals surface area contributed by atoms with Crippen LogP contribution in [0.1, 0.15) is 83.3 Å². The molecule has 1 fully saturated rings. The minimum absolute atomic E-state index is 0.0532. The van der Waals surface area contributed by atoms with E-state index in [-0.39, 0.29) is 12.2 Å². The Morgan fingerprint density at radius 2 is 1.65 bits per heavy atom. The highest BCUT2D eigenvalue weighted by Crippen LogP contribution is 2.33. The molecule has 1 aromatic carbocycles. The molecule has 1 aliphatic carbocycles. The molecule has 0 radical (unpaired) electrons. The standard InChI is InChI=1S/C20H31NO2/c1-13(2)16-10-8-11-17(14(3)4)19(16)21-20(22)23-18-12-7-6-9-15(18)5/h8,10-11,13-15,18H,6-7,9,12H2,1-5H3,(H,21,22)/t15-,18-/m0/s1. The van der Waals surface area contributed by atoms with E-state index in [2.05, 4.69) is 58.1 Å². The zero-order valence-electron chi connectivity index (χ0n) is 15.2. The quantitative estimate of drug-likeness (QED) is 0.733. The molecule has 2 rings (SSSR count). The van der Waals surface area contributed by atoms with Crippen LogP contribution in [0, 0.1) is 5.92 Å². The molecule has 0 saturated heterocycles. The molecule has 1 N–H and O–H groups in total. The van der Waals surface area contributed by atoms with Crippen LogP contribution in [0.3, 0.4) is 0 Å². The third-order valence-electron chi connectivity index (χ3n) is 4.89. The fourth-order valence-corrected chi connectivity index (χ4v) is 3.42. The van der Waals surface area contributed by atoms with E-state index in [0.29, 0.717) is 17.8 Å². The molecule has 1 aromatic rings. The fourth-order valence-electron chi connectivity index (χ4n) is 3.42. The van der Waals surface area contributed by atoms with Crippen molar-refractivity contribution in [3.05, 3.63) is 29.3 Å². The van der Waals surface area contributed by atoms with Crippen LogP contribution < -0.4 is 5.32 Å². The van der Waals surface area contributed by atoms with Gasteiger partial charge in [0.25, 0.3) is 0 Å². The largest absolute Gasteiger partial charge is 0.446 e. The molecule has 0 aromatic heterocycles. The summed E-state index contributed by atoms with van der Waals surface area (Å²) in [7, 11) is 0. The lowest BCUT2D eigenvalue weighted by molar-refractivity contribution is 0.0524. The summed E-state index contributed by atoms with van der Waals surface area (Å²) < 4.78 is 5.73. The Morgan fingerprint density at radius 1 is 1.09 bits per heavy atom. The van der Waals surface area contributed by atoms with Gasteiger partial charge in [-0.25, -0.2) is 4.79 Å². The summed E-state index contributed by atoms with van der Waals surface area (Å²) in [5, 5.41) is 3.05. The van der Waals surface area contributed by atoms with Crippen LogP contribution in [0.4, 0.5) is 10.5 Å². The van der Waals surface area contributed by atoms with E-state index in [0.717, 1.165) is 24.9 Å². The Morgan fingerprint density at radius 3 is 2.17 bits per heavy atom. The average molecular weight is 317 g/mol. The van der Waals surface area contributed by atoms with Gasteiger partial charge in [-0.1, -0.05) is 59.2 Å². The van der Waals surface area contributed by atoms with Gasteiger partial charge in [0.2, 0.25) is 0 Å². The number of hydrogen-bond donors (Lipinski definition) is 1. The van der Waals surface area contributed by atoms with E-state index in [9.17, 15) is 4.79 Å². The molecule has 0 spiro atoms. The number of ether oxygens (including phenoxy) is 1. The lowest BCUT2D eigenvalue weighted by Gasteiger charge is -2.29. The highest BCUT2D eigenvalue weighted by atomic mass is 16.6. The molecule has 2 atom stereocenters. The first-order chi connectivity index (χ1) is 10.9. The van der Waals surface area contributed by atoms with Gasteiger partial charge in [0, 0.05) is 0 Å². The summed E-state index contributed by atoms with van der Waals surface area (Å²) in [5.41, 5.74) is 3.28. The number of rotatable bonds is 4.